The summed E-state index contributed by atoms with van der Waals surface area (Å²) >= 11 is 0. The average molecular weight is 369 g/mol. The van der Waals surface area contributed by atoms with Crippen LogP contribution in [-0.4, -0.2) is 59.1 Å². The minimum absolute atomic E-state index is 0. The molecule has 1 aromatic carbocycles. The molecule has 1 saturated heterocycles. The molecule has 2 fully saturated rings. The highest BCUT2D eigenvalue weighted by Gasteiger charge is 2.36. The van der Waals surface area contributed by atoms with Crippen LogP contribution in [0.2, 0.25) is 0 Å². The summed E-state index contributed by atoms with van der Waals surface area (Å²) in [5.41, 5.74) is 1.06. The second-order valence-electron chi connectivity index (χ2n) is 6.57. The molecule has 1 heterocycles. The van der Waals surface area contributed by atoms with E-state index < -0.39 is 12.0 Å². The molecule has 0 aromatic heterocycles. The van der Waals surface area contributed by atoms with Gasteiger partial charge in [-0.3, -0.25) is 14.5 Å². The van der Waals surface area contributed by atoms with Crippen molar-refractivity contribution in [3.8, 4) is 5.75 Å². The third-order valence-electron chi connectivity index (χ3n) is 4.81. The van der Waals surface area contributed by atoms with Gasteiger partial charge < -0.3 is 14.7 Å². The number of hydrogen-bond donors (Lipinski definition) is 1. The second kappa shape index (κ2) is 8.54. The zero-order valence-corrected chi connectivity index (χ0v) is 15.2. The van der Waals surface area contributed by atoms with Crippen LogP contribution in [0, 0.1) is 0 Å². The number of likely N-dealkylation sites (tertiary alicyclic amines) is 1. The molecule has 138 valence electrons. The predicted octanol–water partition coefficient (Wildman–Crippen LogP) is 2.16. The highest BCUT2D eigenvalue weighted by molar-refractivity contribution is 5.85. The molecule has 1 aliphatic heterocycles. The molecule has 6 nitrogen and oxygen atoms in total. The van der Waals surface area contributed by atoms with Gasteiger partial charge in [-0.2, -0.15) is 0 Å². The lowest BCUT2D eigenvalue weighted by Crippen LogP contribution is -2.45. The first kappa shape index (κ1) is 19.5. The number of carboxylic acids is 1. The Bertz CT molecular complexity index is 604. The van der Waals surface area contributed by atoms with Gasteiger partial charge in [0.1, 0.15) is 11.8 Å². The SMILES string of the molecule is COc1ccc(CN(C(=O)CN2CCC[C@@H]2C(=O)O)C2CC2)cc1.Cl. The molecule has 1 aliphatic carbocycles. The van der Waals surface area contributed by atoms with Crippen molar-refractivity contribution < 1.29 is 19.4 Å². The number of nitrogens with zero attached hydrogens (tertiary/aromatic N) is 2. The van der Waals surface area contributed by atoms with Crippen LogP contribution in [0.3, 0.4) is 0 Å². The quantitative estimate of drug-likeness (QED) is 0.798. The van der Waals surface area contributed by atoms with Gasteiger partial charge in [0.2, 0.25) is 5.91 Å². The number of benzene rings is 1. The third kappa shape index (κ3) is 4.86. The molecule has 1 amide bonds. The molecule has 1 atom stereocenters. The van der Waals surface area contributed by atoms with Crippen LogP contribution in [0.15, 0.2) is 24.3 Å². The summed E-state index contributed by atoms with van der Waals surface area (Å²) < 4.78 is 5.16. The summed E-state index contributed by atoms with van der Waals surface area (Å²) in [6.45, 7) is 1.45. The number of amides is 1. The number of halogens is 1. The number of rotatable bonds is 7. The molecule has 0 unspecified atom stereocenters. The average Bonchev–Trinajstić information content (AvgIpc) is 3.31. The van der Waals surface area contributed by atoms with Crippen molar-refractivity contribution in [2.24, 2.45) is 0 Å². The topological polar surface area (TPSA) is 70.1 Å². The summed E-state index contributed by atoms with van der Waals surface area (Å²) in [5.74, 6) is -0.000639. The first-order valence-electron chi connectivity index (χ1n) is 8.47. The molecule has 1 N–H and O–H groups in total. The molecule has 7 heteroatoms. The number of ether oxygens (including phenoxy) is 1. The van der Waals surface area contributed by atoms with E-state index in [-0.39, 0.29) is 24.9 Å². The lowest BCUT2D eigenvalue weighted by atomic mass is 10.2. The summed E-state index contributed by atoms with van der Waals surface area (Å²) in [5, 5.41) is 9.26. The maximum Gasteiger partial charge on any atom is 0.320 e. The fourth-order valence-corrected chi connectivity index (χ4v) is 3.29. The maximum atomic E-state index is 12.7. The van der Waals surface area contributed by atoms with E-state index in [0.29, 0.717) is 25.6 Å². The van der Waals surface area contributed by atoms with Gasteiger partial charge in [-0.1, -0.05) is 12.1 Å². The van der Waals surface area contributed by atoms with E-state index in [0.717, 1.165) is 30.6 Å². The van der Waals surface area contributed by atoms with Gasteiger partial charge in [-0.15, -0.1) is 12.4 Å². The number of carboxylic acid groups (broad SMARTS) is 1. The Kier molecular flexibility index (Phi) is 6.67. The van der Waals surface area contributed by atoms with Gasteiger partial charge in [0, 0.05) is 12.6 Å². The molecule has 2 aliphatic rings. The Morgan fingerprint density at radius 3 is 2.48 bits per heavy atom. The van der Waals surface area contributed by atoms with Gasteiger partial charge in [0.05, 0.1) is 13.7 Å². The summed E-state index contributed by atoms with van der Waals surface area (Å²) in [4.78, 5) is 27.7. The fourth-order valence-electron chi connectivity index (χ4n) is 3.29. The molecule has 0 radical (unpaired) electrons. The van der Waals surface area contributed by atoms with Gasteiger partial charge in [0.25, 0.3) is 0 Å². The van der Waals surface area contributed by atoms with E-state index in [9.17, 15) is 14.7 Å². The van der Waals surface area contributed by atoms with Gasteiger partial charge in [-0.25, -0.2) is 0 Å². The van der Waals surface area contributed by atoms with E-state index in [1.807, 2.05) is 29.2 Å². The first-order chi connectivity index (χ1) is 11.6. The molecule has 0 bridgehead atoms. The minimum Gasteiger partial charge on any atom is -0.497 e. The van der Waals surface area contributed by atoms with Crippen molar-refractivity contribution in [1.82, 2.24) is 9.80 Å². The van der Waals surface area contributed by atoms with E-state index >= 15 is 0 Å². The molecular formula is C18H25ClN2O4. The minimum atomic E-state index is -0.826. The lowest BCUT2D eigenvalue weighted by Gasteiger charge is -2.27. The van der Waals surface area contributed by atoms with E-state index in [1.54, 1.807) is 12.0 Å². The van der Waals surface area contributed by atoms with Crippen LogP contribution in [-0.2, 0) is 16.1 Å². The van der Waals surface area contributed by atoms with Crippen LogP contribution >= 0.6 is 12.4 Å². The Morgan fingerprint density at radius 2 is 1.92 bits per heavy atom. The van der Waals surface area contributed by atoms with E-state index in [1.165, 1.54) is 0 Å². The number of carbonyl (C=O) groups excluding carboxylic acids is 1. The van der Waals surface area contributed by atoms with Crippen molar-refractivity contribution >= 4 is 24.3 Å². The first-order valence-corrected chi connectivity index (χ1v) is 8.47. The number of aliphatic carboxylic acids is 1. The number of carbonyl (C=O) groups is 2. The number of methoxy groups -OCH3 is 1. The van der Waals surface area contributed by atoms with Crippen molar-refractivity contribution in [3.63, 3.8) is 0 Å². The van der Waals surface area contributed by atoms with Crippen LogP contribution < -0.4 is 4.74 Å². The fraction of sp³-hybridized carbons (Fsp3) is 0.556. The lowest BCUT2D eigenvalue weighted by molar-refractivity contribution is -0.143. The zero-order chi connectivity index (χ0) is 17.1. The van der Waals surface area contributed by atoms with Crippen molar-refractivity contribution in [1.29, 1.82) is 0 Å². The Morgan fingerprint density at radius 1 is 1.24 bits per heavy atom. The van der Waals surface area contributed by atoms with Gasteiger partial charge >= 0.3 is 5.97 Å². The molecule has 1 saturated carbocycles. The summed E-state index contributed by atoms with van der Waals surface area (Å²) in [7, 11) is 1.63. The highest BCUT2D eigenvalue weighted by Crippen LogP contribution is 2.29. The monoisotopic (exact) mass is 368 g/mol. The third-order valence-corrected chi connectivity index (χ3v) is 4.81. The summed E-state index contributed by atoms with van der Waals surface area (Å²) in [6.07, 6.45) is 3.53. The van der Waals surface area contributed by atoms with Gasteiger partial charge in [-0.05, 0) is 49.9 Å². The smallest absolute Gasteiger partial charge is 0.320 e. The largest absolute Gasteiger partial charge is 0.497 e. The van der Waals surface area contributed by atoms with Crippen molar-refractivity contribution in [3.05, 3.63) is 29.8 Å². The molecule has 3 rings (SSSR count). The normalized spacial score (nSPS) is 20.0. The second-order valence-corrected chi connectivity index (χ2v) is 6.57. The molecular weight excluding hydrogens is 344 g/mol. The van der Waals surface area contributed by atoms with Crippen LogP contribution in [0.4, 0.5) is 0 Å². The zero-order valence-electron chi connectivity index (χ0n) is 14.4. The molecule has 25 heavy (non-hydrogen) atoms. The standard InChI is InChI=1S/C18H24N2O4.ClH/c1-24-15-8-4-13(5-9-15)11-20(14-6-7-14)17(21)12-19-10-2-3-16(19)18(22)23;/h4-5,8-9,14,16H,2-3,6-7,10-12H2,1H3,(H,22,23);1H/t16-;/m1./s1. The van der Waals surface area contributed by atoms with Crippen LogP contribution in [0.25, 0.3) is 0 Å². The van der Waals surface area contributed by atoms with Gasteiger partial charge in [0.15, 0.2) is 0 Å². The molecule has 1 aromatic rings. The van der Waals surface area contributed by atoms with Crippen molar-refractivity contribution in [2.45, 2.75) is 44.3 Å². The predicted molar refractivity (Wildman–Crippen MR) is 96.0 cm³/mol. The van der Waals surface area contributed by atoms with E-state index in [4.69, 9.17) is 4.74 Å². The molecule has 0 spiro atoms. The summed E-state index contributed by atoms with van der Waals surface area (Å²) in [6, 6.07) is 7.51. The number of hydrogen-bond acceptors (Lipinski definition) is 4. The van der Waals surface area contributed by atoms with Crippen LogP contribution in [0.1, 0.15) is 31.2 Å². The van der Waals surface area contributed by atoms with E-state index in [2.05, 4.69) is 0 Å². The van der Waals surface area contributed by atoms with Crippen molar-refractivity contribution in [2.75, 3.05) is 20.2 Å². The maximum absolute atomic E-state index is 12.7. The Labute approximate surface area is 154 Å². The highest BCUT2D eigenvalue weighted by atomic mass is 35.5. The Hall–Kier alpha value is -1.79. The Balaban J connectivity index is 0.00000225. The van der Waals surface area contributed by atoms with Crippen LogP contribution in [0.5, 0.6) is 5.75 Å².